The summed E-state index contributed by atoms with van der Waals surface area (Å²) in [6.07, 6.45) is 0. The molecule has 4 nitrogen and oxygen atoms in total. The first-order chi connectivity index (χ1) is 12.5. The Morgan fingerprint density at radius 3 is 2.00 bits per heavy atom. The van der Waals surface area contributed by atoms with Crippen LogP contribution in [0.15, 0.2) is 72.8 Å². The number of rotatable bonds is 4. The molecule has 0 unspecified atom stereocenters. The van der Waals surface area contributed by atoms with Crippen LogP contribution in [0.5, 0.6) is 0 Å². The zero-order chi connectivity index (χ0) is 18.5. The van der Waals surface area contributed by atoms with Crippen molar-refractivity contribution in [3.63, 3.8) is 0 Å². The van der Waals surface area contributed by atoms with Crippen molar-refractivity contribution in [1.82, 2.24) is 0 Å². The van der Waals surface area contributed by atoms with Gasteiger partial charge in [-0.15, -0.1) is 0 Å². The molecule has 3 aromatic rings. The van der Waals surface area contributed by atoms with E-state index in [4.69, 9.17) is 0 Å². The van der Waals surface area contributed by atoms with Crippen LogP contribution in [0.4, 0.5) is 15.8 Å². The Balaban J connectivity index is 1.68. The topological polar surface area (TPSA) is 58.2 Å². The third-order valence-corrected chi connectivity index (χ3v) is 3.89. The molecule has 0 aromatic heterocycles. The number of anilines is 2. The number of halogens is 1. The van der Waals surface area contributed by atoms with E-state index in [1.54, 1.807) is 30.3 Å². The average molecular weight is 348 g/mol. The number of hydrogen-bond acceptors (Lipinski definition) is 2. The Bertz CT molecular complexity index is 952. The van der Waals surface area contributed by atoms with Gasteiger partial charge in [0.1, 0.15) is 5.82 Å². The van der Waals surface area contributed by atoms with E-state index >= 15 is 0 Å². The van der Waals surface area contributed by atoms with Crippen LogP contribution >= 0.6 is 0 Å². The van der Waals surface area contributed by atoms with Gasteiger partial charge in [-0.2, -0.15) is 0 Å². The first kappa shape index (κ1) is 17.4. The molecule has 0 aliphatic carbocycles. The highest BCUT2D eigenvalue weighted by Gasteiger charge is 2.10. The summed E-state index contributed by atoms with van der Waals surface area (Å²) >= 11 is 0. The second kappa shape index (κ2) is 7.61. The molecule has 0 radical (unpaired) electrons. The maximum atomic E-state index is 13.2. The van der Waals surface area contributed by atoms with Crippen molar-refractivity contribution in [2.24, 2.45) is 0 Å². The van der Waals surface area contributed by atoms with E-state index in [0.29, 0.717) is 16.8 Å². The van der Waals surface area contributed by atoms with Gasteiger partial charge < -0.3 is 10.6 Å². The Kier molecular flexibility index (Phi) is 5.08. The van der Waals surface area contributed by atoms with Gasteiger partial charge >= 0.3 is 0 Å². The third-order valence-electron chi connectivity index (χ3n) is 3.89. The van der Waals surface area contributed by atoms with E-state index in [0.717, 1.165) is 11.3 Å². The highest BCUT2D eigenvalue weighted by molar-refractivity contribution is 6.07. The lowest BCUT2D eigenvalue weighted by Crippen LogP contribution is -2.14. The summed E-state index contributed by atoms with van der Waals surface area (Å²) in [4.78, 5) is 24.5. The van der Waals surface area contributed by atoms with Crippen LogP contribution in [-0.2, 0) is 0 Å². The normalized spacial score (nSPS) is 10.2. The van der Waals surface area contributed by atoms with E-state index in [1.165, 1.54) is 18.2 Å². The number of para-hydroxylation sites is 1. The Morgan fingerprint density at radius 2 is 1.38 bits per heavy atom. The highest BCUT2D eigenvalue weighted by Crippen LogP contribution is 2.16. The molecule has 2 amide bonds. The molecule has 0 aliphatic rings. The average Bonchev–Trinajstić information content (AvgIpc) is 2.64. The van der Waals surface area contributed by atoms with Gasteiger partial charge in [0, 0.05) is 22.5 Å². The van der Waals surface area contributed by atoms with Crippen molar-refractivity contribution in [2.75, 3.05) is 10.6 Å². The maximum Gasteiger partial charge on any atom is 0.255 e. The molecule has 2 N–H and O–H groups in total. The van der Waals surface area contributed by atoms with Crippen LogP contribution < -0.4 is 10.6 Å². The minimum atomic E-state index is -0.425. The molecular formula is C21H17FN2O2. The second-order valence-electron chi connectivity index (χ2n) is 5.81. The standard InChI is InChI=1S/C21H17FN2O2/c1-14-5-2-3-8-19(14)24-21(26)16-11-9-15(10-12-16)20(25)23-18-7-4-6-17(22)13-18/h2-13H,1H3,(H,23,25)(H,24,26). The van der Waals surface area contributed by atoms with Gasteiger partial charge in [0.05, 0.1) is 0 Å². The molecule has 5 heteroatoms. The fourth-order valence-corrected chi connectivity index (χ4v) is 2.45. The number of carbonyl (C=O) groups excluding carboxylic acids is 2. The number of amides is 2. The number of benzene rings is 3. The minimum Gasteiger partial charge on any atom is -0.322 e. The summed E-state index contributed by atoms with van der Waals surface area (Å²) < 4.78 is 13.2. The summed E-state index contributed by atoms with van der Waals surface area (Å²) in [7, 11) is 0. The van der Waals surface area contributed by atoms with Crippen molar-refractivity contribution < 1.29 is 14.0 Å². The van der Waals surface area contributed by atoms with Gasteiger partial charge in [0.2, 0.25) is 0 Å². The number of nitrogens with one attached hydrogen (secondary N) is 2. The van der Waals surface area contributed by atoms with Crippen LogP contribution in [0.3, 0.4) is 0 Å². The van der Waals surface area contributed by atoms with Gasteiger partial charge in [-0.25, -0.2) is 4.39 Å². The summed E-state index contributed by atoms with van der Waals surface area (Å²) in [6.45, 7) is 1.91. The summed E-state index contributed by atoms with van der Waals surface area (Å²) in [5.74, 6) is -1.05. The zero-order valence-corrected chi connectivity index (χ0v) is 14.1. The maximum absolute atomic E-state index is 13.2. The minimum absolute atomic E-state index is 0.253. The molecule has 0 saturated heterocycles. The predicted molar refractivity (Wildman–Crippen MR) is 99.9 cm³/mol. The van der Waals surface area contributed by atoms with Crippen LogP contribution in [0.25, 0.3) is 0 Å². The Hall–Kier alpha value is -3.47. The Morgan fingerprint density at radius 1 is 0.769 bits per heavy atom. The second-order valence-corrected chi connectivity index (χ2v) is 5.81. The highest BCUT2D eigenvalue weighted by atomic mass is 19.1. The smallest absolute Gasteiger partial charge is 0.255 e. The molecule has 0 atom stereocenters. The SMILES string of the molecule is Cc1ccccc1NC(=O)c1ccc(C(=O)Nc2cccc(F)c2)cc1. The monoisotopic (exact) mass is 348 g/mol. The molecule has 3 aromatic carbocycles. The first-order valence-electron chi connectivity index (χ1n) is 8.07. The van der Waals surface area contributed by atoms with E-state index in [-0.39, 0.29) is 11.8 Å². The van der Waals surface area contributed by atoms with Crippen LogP contribution in [0.2, 0.25) is 0 Å². The van der Waals surface area contributed by atoms with Crippen molar-refractivity contribution in [3.05, 3.63) is 95.3 Å². The van der Waals surface area contributed by atoms with Gasteiger partial charge in [-0.3, -0.25) is 9.59 Å². The molecule has 0 saturated carbocycles. The molecule has 0 bridgehead atoms. The Labute approximate surface area is 150 Å². The molecule has 3 rings (SSSR count). The number of hydrogen-bond donors (Lipinski definition) is 2. The fourth-order valence-electron chi connectivity index (χ4n) is 2.45. The van der Waals surface area contributed by atoms with Gasteiger partial charge in [0.25, 0.3) is 11.8 Å². The lowest BCUT2D eigenvalue weighted by Gasteiger charge is -2.09. The molecule has 0 fully saturated rings. The molecule has 0 spiro atoms. The van der Waals surface area contributed by atoms with Crippen molar-refractivity contribution in [1.29, 1.82) is 0 Å². The zero-order valence-electron chi connectivity index (χ0n) is 14.1. The number of aryl methyl sites for hydroxylation is 1. The van der Waals surface area contributed by atoms with Gasteiger partial charge in [-0.1, -0.05) is 24.3 Å². The van der Waals surface area contributed by atoms with Crippen molar-refractivity contribution in [3.8, 4) is 0 Å². The third kappa shape index (κ3) is 4.13. The summed E-state index contributed by atoms with van der Waals surface area (Å²) in [6, 6.07) is 19.4. The summed E-state index contributed by atoms with van der Waals surface area (Å²) in [5, 5.41) is 5.46. The molecular weight excluding hydrogens is 331 g/mol. The van der Waals surface area contributed by atoms with E-state index in [1.807, 2.05) is 31.2 Å². The fraction of sp³-hybridized carbons (Fsp3) is 0.0476. The quantitative estimate of drug-likeness (QED) is 0.722. The molecule has 130 valence electrons. The van der Waals surface area contributed by atoms with E-state index in [9.17, 15) is 14.0 Å². The van der Waals surface area contributed by atoms with Crippen LogP contribution in [0, 0.1) is 12.7 Å². The van der Waals surface area contributed by atoms with Gasteiger partial charge in [-0.05, 0) is 61.0 Å². The van der Waals surface area contributed by atoms with E-state index in [2.05, 4.69) is 10.6 Å². The number of carbonyl (C=O) groups is 2. The lowest BCUT2D eigenvalue weighted by molar-refractivity contribution is 0.101. The molecule has 0 heterocycles. The predicted octanol–water partition coefficient (Wildman–Crippen LogP) is 4.64. The van der Waals surface area contributed by atoms with Crippen molar-refractivity contribution in [2.45, 2.75) is 6.92 Å². The van der Waals surface area contributed by atoms with Crippen LogP contribution in [-0.4, -0.2) is 11.8 Å². The van der Waals surface area contributed by atoms with Gasteiger partial charge in [0.15, 0.2) is 0 Å². The van der Waals surface area contributed by atoms with Crippen molar-refractivity contribution >= 4 is 23.2 Å². The summed E-state index contributed by atoms with van der Waals surface area (Å²) in [5.41, 5.74) is 2.89. The lowest BCUT2D eigenvalue weighted by atomic mass is 10.1. The molecule has 0 aliphatic heterocycles. The largest absolute Gasteiger partial charge is 0.322 e. The molecule has 26 heavy (non-hydrogen) atoms. The van der Waals surface area contributed by atoms with Crippen LogP contribution in [0.1, 0.15) is 26.3 Å². The first-order valence-corrected chi connectivity index (χ1v) is 8.07. The van der Waals surface area contributed by atoms with E-state index < -0.39 is 5.82 Å².